The van der Waals surface area contributed by atoms with Crippen LogP contribution < -0.4 is 0 Å². The van der Waals surface area contributed by atoms with E-state index >= 15 is 0 Å². The van der Waals surface area contributed by atoms with Crippen LogP contribution in [0.4, 0.5) is 0 Å². The van der Waals surface area contributed by atoms with Crippen molar-refractivity contribution in [3.63, 3.8) is 0 Å². The first kappa shape index (κ1) is 14.9. The van der Waals surface area contributed by atoms with E-state index < -0.39 is 0 Å². The zero-order valence-electron chi connectivity index (χ0n) is 11.1. The van der Waals surface area contributed by atoms with Crippen LogP contribution in [0.25, 0.3) is 0 Å². The highest BCUT2D eigenvalue weighted by molar-refractivity contribution is 4.81. The van der Waals surface area contributed by atoms with Gasteiger partial charge in [0.1, 0.15) is 0 Å². The van der Waals surface area contributed by atoms with Gasteiger partial charge in [-0.1, -0.05) is 27.7 Å². The maximum Gasteiger partial charge on any atom is 0.0645 e. The monoisotopic (exact) mass is 216 g/mol. The molecular formula is C12H28N2O. The Hall–Kier alpha value is -0.120. The van der Waals surface area contributed by atoms with Crippen LogP contribution in [-0.2, 0) is 4.74 Å². The van der Waals surface area contributed by atoms with Crippen molar-refractivity contribution in [3.8, 4) is 0 Å². The fourth-order valence-corrected chi connectivity index (χ4v) is 1.62. The van der Waals surface area contributed by atoms with Gasteiger partial charge in [0.25, 0.3) is 0 Å². The molecule has 15 heavy (non-hydrogen) atoms. The Labute approximate surface area is 95.4 Å². The standard InChI is InChI=1S/C8H16N2O.2C2H6/c1-9-2-4-10(5-3-9)8-6-11-7-8;2*1-2/h8H,2-7H2,1H3;2*1-2H3. The first-order chi connectivity index (χ1) is 7.36. The molecule has 2 fully saturated rings. The maximum atomic E-state index is 5.16. The minimum absolute atomic E-state index is 0.740. The SMILES string of the molecule is CC.CC.CN1CCN(C2COC2)CC1. The second-order valence-corrected chi connectivity index (χ2v) is 3.53. The Morgan fingerprint density at radius 1 is 0.867 bits per heavy atom. The lowest BCUT2D eigenvalue weighted by molar-refractivity contribution is -0.0752. The summed E-state index contributed by atoms with van der Waals surface area (Å²) in [4.78, 5) is 4.93. The normalized spacial score (nSPS) is 23.0. The maximum absolute atomic E-state index is 5.16. The van der Waals surface area contributed by atoms with Gasteiger partial charge in [-0.3, -0.25) is 4.90 Å². The van der Waals surface area contributed by atoms with Crippen LogP contribution in [0.5, 0.6) is 0 Å². The average Bonchev–Trinajstić information content (AvgIpc) is 2.25. The minimum atomic E-state index is 0.740. The number of nitrogens with zero attached hydrogens (tertiary/aromatic N) is 2. The molecular weight excluding hydrogens is 188 g/mol. The molecule has 0 N–H and O–H groups in total. The van der Waals surface area contributed by atoms with E-state index in [4.69, 9.17) is 4.74 Å². The van der Waals surface area contributed by atoms with Crippen LogP contribution in [-0.4, -0.2) is 62.3 Å². The largest absolute Gasteiger partial charge is 0.378 e. The number of hydrogen-bond donors (Lipinski definition) is 0. The number of ether oxygens (including phenoxy) is 1. The summed E-state index contributed by atoms with van der Waals surface area (Å²) < 4.78 is 5.16. The summed E-state index contributed by atoms with van der Waals surface area (Å²) in [6, 6.07) is 0.740. The quantitative estimate of drug-likeness (QED) is 0.663. The topological polar surface area (TPSA) is 15.7 Å². The van der Waals surface area contributed by atoms with Crippen LogP contribution >= 0.6 is 0 Å². The van der Waals surface area contributed by atoms with Crippen molar-refractivity contribution in [2.24, 2.45) is 0 Å². The molecule has 0 atom stereocenters. The van der Waals surface area contributed by atoms with Crippen molar-refractivity contribution in [2.45, 2.75) is 33.7 Å². The lowest BCUT2D eigenvalue weighted by atomic mass is 10.2. The number of piperazine rings is 1. The molecule has 92 valence electrons. The third kappa shape index (κ3) is 4.96. The van der Waals surface area contributed by atoms with E-state index in [0.29, 0.717) is 0 Å². The first-order valence-electron chi connectivity index (χ1n) is 6.36. The zero-order chi connectivity index (χ0) is 11.7. The van der Waals surface area contributed by atoms with E-state index in [1.54, 1.807) is 0 Å². The van der Waals surface area contributed by atoms with Crippen LogP contribution in [0.2, 0.25) is 0 Å². The first-order valence-corrected chi connectivity index (χ1v) is 6.36. The molecule has 2 rings (SSSR count). The van der Waals surface area contributed by atoms with Crippen LogP contribution in [0, 0.1) is 0 Å². The summed E-state index contributed by atoms with van der Waals surface area (Å²) in [6.07, 6.45) is 0. The van der Waals surface area contributed by atoms with Gasteiger partial charge in [-0.25, -0.2) is 0 Å². The van der Waals surface area contributed by atoms with Crippen molar-refractivity contribution < 1.29 is 4.74 Å². The van der Waals surface area contributed by atoms with Crippen molar-refractivity contribution in [1.29, 1.82) is 0 Å². The highest BCUT2D eigenvalue weighted by Gasteiger charge is 2.27. The molecule has 2 saturated heterocycles. The number of likely N-dealkylation sites (N-methyl/N-ethyl adjacent to an activating group) is 1. The van der Waals surface area contributed by atoms with Gasteiger partial charge in [0.05, 0.1) is 19.3 Å². The highest BCUT2D eigenvalue weighted by atomic mass is 16.5. The summed E-state index contributed by atoms with van der Waals surface area (Å²) in [7, 11) is 2.19. The van der Waals surface area contributed by atoms with Gasteiger partial charge in [0, 0.05) is 26.2 Å². The van der Waals surface area contributed by atoms with E-state index in [9.17, 15) is 0 Å². The van der Waals surface area contributed by atoms with Gasteiger partial charge in [-0.05, 0) is 7.05 Å². The molecule has 0 aromatic carbocycles. The van der Waals surface area contributed by atoms with Gasteiger partial charge in [0.15, 0.2) is 0 Å². The van der Waals surface area contributed by atoms with Crippen LogP contribution in [0.1, 0.15) is 27.7 Å². The van der Waals surface area contributed by atoms with Crippen molar-refractivity contribution in [2.75, 3.05) is 46.4 Å². The zero-order valence-corrected chi connectivity index (χ0v) is 11.1. The molecule has 0 aromatic rings. The summed E-state index contributed by atoms with van der Waals surface area (Å²) in [5, 5.41) is 0. The summed E-state index contributed by atoms with van der Waals surface area (Å²) in [5.74, 6) is 0. The van der Waals surface area contributed by atoms with Crippen LogP contribution in [0.3, 0.4) is 0 Å². The van der Waals surface area contributed by atoms with E-state index in [2.05, 4.69) is 16.8 Å². The molecule has 3 heteroatoms. The van der Waals surface area contributed by atoms with Gasteiger partial charge in [0.2, 0.25) is 0 Å². The minimum Gasteiger partial charge on any atom is -0.378 e. The van der Waals surface area contributed by atoms with E-state index in [1.807, 2.05) is 27.7 Å². The third-order valence-electron chi connectivity index (χ3n) is 2.67. The van der Waals surface area contributed by atoms with Crippen molar-refractivity contribution in [3.05, 3.63) is 0 Å². The Morgan fingerprint density at radius 3 is 1.67 bits per heavy atom. The van der Waals surface area contributed by atoms with E-state index in [-0.39, 0.29) is 0 Å². The number of rotatable bonds is 1. The molecule has 0 spiro atoms. The summed E-state index contributed by atoms with van der Waals surface area (Å²) in [5.41, 5.74) is 0. The van der Waals surface area contributed by atoms with Crippen LogP contribution in [0.15, 0.2) is 0 Å². The predicted molar refractivity (Wildman–Crippen MR) is 66.4 cm³/mol. The van der Waals surface area contributed by atoms with Gasteiger partial charge in [-0.2, -0.15) is 0 Å². The molecule has 0 aliphatic carbocycles. The highest BCUT2D eigenvalue weighted by Crippen LogP contribution is 2.12. The van der Waals surface area contributed by atoms with E-state index in [0.717, 1.165) is 19.3 Å². The molecule has 0 radical (unpaired) electrons. The molecule has 2 aliphatic rings. The Morgan fingerprint density at radius 2 is 1.33 bits per heavy atom. The van der Waals surface area contributed by atoms with Crippen molar-refractivity contribution in [1.82, 2.24) is 9.80 Å². The molecule has 2 heterocycles. The predicted octanol–water partition coefficient (Wildman–Crippen LogP) is 1.68. The Kier molecular flexibility index (Phi) is 9.06. The summed E-state index contributed by atoms with van der Waals surface area (Å²) >= 11 is 0. The lowest BCUT2D eigenvalue weighted by Gasteiger charge is -2.41. The van der Waals surface area contributed by atoms with Crippen molar-refractivity contribution >= 4 is 0 Å². The molecule has 3 nitrogen and oxygen atoms in total. The Bertz CT molecular complexity index is 130. The Balaban J connectivity index is 0.000000442. The number of hydrogen-bond acceptors (Lipinski definition) is 3. The molecule has 0 bridgehead atoms. The average molecular weight is 216 g/mol. The summed E-state index contributed by atoms with van der Waals surface area (Å²) in [6.45, 7) is 14.8. The second-order valence-electron chi connectivity index (χ2n) is 3.53. The molecule has 0 aromatic heterocycles. The molecule has 0 amide bonds. The molecule has 0 saturated carbocycles. The smallest absolute Gasteiger partial charge is 0.0645 e. The molecule has 0 unspecified atom stereocenters. The van der Waals surface area contributed by atoms with Gasteiger partial charge in [-0.15, -0.1) is 0 Å². The fourth-order valence-electron chi connectivity index (χ4n) is 1.62. The second kappa shape index (κ2) is 9.13. The fraction of sp³-hybridized carbons (Fsp3) is 1.00. The lowest BCUT2D eigenvalue weighted by Crippen LogP contribution is -2.55. The third-order valence-corrected chi connectivity index (χ3v) is 2.67. The van der Waals surface area contributed by atoms with Gasteiger partial charge >= 0.3 is 0 Å². The van der Waals surface area contributed by atoms with E-state index in [1.165, 1.54) is 26.2 Å². The molecule has 2 aliphatic heterocycles. The van der Waals surface area contributed by atoms with Gasteiger partial charge < -0.3 is 9.64 Å².